The van der Waals surface area contributed by atoms with Crippen LogP contribution in [0.25, 0.3) is 0 Å². The number of hydrogen-bond acceptors (Lipinski definition) is 12. The zero-order valence-corrected chi connectivity index (χ0v) is 40.4. The van der Waals surface area contributed by atoms with Crippen LogP contribution >= 0.6 is 0 Å². The van der Waals surface area contributed by atoms with Crippen LogP contribution in [0.2, 0.25) is 0 Å². The lowest BCUT2D eigenvalue weighted by atomic mass is 9.85. The van der Waals surface area contributed by atoms with Gasteiger partial charge in [-0.2, -0.15) is 0 Å². The molecule has 0 aromatic heterocycles. The number of hydrogen-bond donors (Lipinski definition) is 0. The largest absolute Gasteiger partial charge is 0.493 e. The summed E-state index contributed by atoms with van der Waals surface area (Å²) in [4.78, 5) is 26.0. The molecule has 0 saturated carbocycles. The minimum atomic E-state index is -0.716. The molecule has 4 aromatic carbocycles. The average Bonchev–Trinajstić information content (AvgIpc) is 3.34. The van der Waals surface area contributed by atoms with Gasteiger partial charge in [-0.25, -0.2) is 4.79 Å². The Morgan fingerprint density at radius 3 is 1.65 bits per heavy atom. The highest BCUT2D eigenvalue weighted by Gasteiger charge is 2.43. The number of esters is 1. The SMILES string of the molecule is COc1ccc(CC2c3cc(OC)c(OC)cc3CC[N+]2(C)CCCOC(=O)C#CC(=O)CCC[N+]2(C)CCc3cc(OC)c(OC)cc3C2c2cc(OC)c(OC)c(OC)c2)cc1OC. The summed E-state index contributed by atoms with van der Waals surface area (Å²) in [5.74, 6) is 9.60. The summed E-state index contributed by atoms with van der Waals surface area (Å²) in [6.45, 7) is 3.24. The fourth-order valence-electron chi connectivity index (χ4n) is 9.86. The van der Waals surface area contributed by atoms with Crippen molar-refractivity contribution in [2.45, 2.75) is 50.6 Å². The van der Waals surface area contributed by atoms with Gasteiger partial charge < -0.3 is 56.3 Å². The molecule has 66 heavy (non-hydrogen) atoms. The number of rotatable bonds is 20. The maximum atomic E-state index is 13.2. The number of methoxy groups -OCH3 is 9. The molecule has 0 radical (unpaired) electrons. The predicted molar refractivity (Wildman–Crippen MR) is 250 cm³/mol. The zero-order valence-electron chi connectivity index (χ0n) is 40.4. The quantitative estimate of drug-likeness (QED) is 0.0224. The Morgan fingerprint density at radius 1 is 0.561 bits per heavy atom. The number of fused-ring (bicyclic) bond motifs is 2. The molecule has 2 aliphatic heterocycles. The second-order valence-corrected chi connectivity index (χ2v) is 17.2. The van der Waals surface area contributed by atoms with E-state index in [1.54, 1.807) is 64.0 Å². The molecule has 354 valence electrons. The predicted octanol–water partition coefficient (Wildman–Crippen LogP) is 7.13. The van der Waals surface area contributed by atoms with Crippen molar-refractivity contribution < 1.29 is 65.9 Å². The summed E-state index contributed by atoms with van der Waals surface area (Å²) >= 11 is 0. The highest BCUT2D eigenvalue weighted by molar-refractivity contribution is 6.01. The molecule has 4 aromatic rings. The van der Waals surface area contributed by atoms with Gasteiger partial charge in [-0.05, 0) is 71.1 Å². The third kappa shape index (κ3) is 10.5. The summed E-state index contributed by atoms with van der Waals surface area (Å²) in [5.41, 5.74) is 6.71. The van der Waals surface area contributed by atoms with Crippen molar-refractivity contribution in [3.05, 3.63) is 88.0 Å². The zero-order chi connectivity index (χ0) is 47.6. The van der Waals surface area contributed by atoms with Crippen LogP contribution in [0.4, 0.5) is 0 Å². The lowest BCUT2D eigenvalue weighted by molar-refractivity contribution is -0.941. The van der Waals surface area contributed by atoms with Gasteiger partial charge in [-0.1, -0.05) is 6.07 Å². The molecule has 0 fully saturated rings. The third-order valence-corrected chi connectivity index (χ3v) is 13.4. The molecule has 4 atom stereocenters. The van der Waals surface area contributed by atoms with Gasteiger partial charge in [-0.3, -0.25) is 4.79 Å². The second-order valence-electron chi connectivity index (χ2n) is 17.2. The van der Waals surface area contributed by atoms with Gasteiger partial charge in [0.15, 0.2) is 46.0 Å². The van der Waals surface area contributed by atoms with Gasteiger partial charge in [-0.15, -0.1) is 0 Å². The maximum absolute atomic E-state index is 13.2. The van der Waals surface area contributed by atoms with E-state index in [0.717, 1.165) is 61.2 Å². The highest BCUT2D eigenvalue weighted by atomic mass is 16.5. The van der Waals surface area contributed by atoms with Crippen LogP contribution in [0, 0.1) is 11.8 Å². The number of nitrogens with zero attached hydrogens (tertiary/aromatic N) is 2. The van der Waals surface area contributed by atoms with Crippen LogP contribution in [0.15, 0.2) is 54.6 Å². The lowest BCUT2D eigenvalue weighted by Crippen LogP contribution is -2.52. The minimum absolute atomic E-state index is 0.0625. The van der Waals surface area contributed by atoms with Gasteiger partial charge in [0, 0.05) is 61.1 Å². The number of carbonyl (C=O) groups is 2. The average molecular weight is 911 g/mol. The number of benzene rings is 4. The molecule has 0 aliphatic carbocycles. The van der Waals surface area contributed by atoms with Crippen LogP contribution < -0.4 is 42.6 Å². The van der Waals surface area contributed by atoms with Crippen molar-refractivity contribution in [1.29, 1.82) is 0 Å². The van der Waals surface area contributed by atoms with Crippen molar-refractivity contribution in [2.24, 2.45) is 0 Å². The number of carbonyl (C=O) groups excluding carboxylic acids is 2. The first kappa shape index (κ1) is 49.1. The maximum Gasteiger partial charge on any atom is 0.384 e. The Bertz CT molecular complexity index is 2420. The Kier molecular flexibility index (Phi) is 16.2. The molecule has 14 nitrogen and oxygen atoms in total. The van der Waals surface area contributed by atoms with E-state index in [-0.39, 0.29) is 30.9 Å². The van der Waals surface area contributed by atoms with Gasteiger partial charge in [0.1, 0.15) is 12.1 Å². The molecule has 0 saturated heterocycles. The second kappa shape index (κ2) is 21.8. The van der Waals surface area contributed by atoms with E-state index in [2.05, 4.69) is 44.1 Å². The Balaban J connectivity index is 1.11. The van der Waals surface area contributed by atoms with Crippen molar-refractivity contribution in [1.82, 2.24) is 0 Å². The number of quaternary nitrogens is 2. The number of likely N-dealkylation sites (N-methyl/N-ethyl adjacent to an activating group) is 2. The molecule has 4 unspecified atom stereocenters. The summed E-state index contributed by atoms with van der Waals surface area (Å²) in [7, 11) is 19.1. The van der Waals surface area contributed by atoms with E-state index >= 15 is 0 Å². The van der Waals surface area contributed by atoms with Crippen LogP contribution in [-0.4, -0.2) is 132 Å². The van der Waals surface area contributed by atoms with E-state index < -0.39 is 5.97 Å². The van der Waals surface area contributed by atoms with Crippen LogP contribution in [-0.2, 0) is 33.6 Å². The van der Waals surface area contributed by atoms with Crippen molar-refractivity contribution in [3.63, 3.8) is 0 Å². The number of ketones is 1. The Labute approximate surface area is 389 Å². The fourth-order valence-corrected chi connectivity index (χ4v) is 9.86. The first-order valence-electron chi connectivity index (χ1n) is 22.2. The minimum Gasteiger partial charge on any atom is -0.493 e. The molecule has 14 heteroatoms. The first-order chi connectivity index (χ1) is 31.8. The van der Waals surface area contributed by atoms with E-state index in [4.69, 9.17) is 47.4 Å². The smallest absolute Gasteiger partial charge is 0.384 e. The number of ether oxygens (including phenoxy) is 10. The van der Waals surface area contributed by atoms with Crippen molar-refractivity contribution >= 4 is 11.8 Å². The van der Waals surface area contributed by atoms with E-state index in [9.17, 15) is 9.59 Å². The van der Waals surface area contributed by atoms with E-state index in [1.807, 2.05) is 36.4 Å². The Morgan fingerprint density at radius 2 is 1.08 bits per heavy atom. The van der Waals surface area contributed by atoms with Crippen LogP contribution in [0.3, 0.4) is 0 Å². The molecule has 2 heterocycles. The van der Waals surface area contributed by atoms with Gasteiger partial charge in [0.05, 0.1) is 111 Å². The highest BCUT2D eigenvalue weighted by Crippen LogP contribution is 2.49. The number of Topliss-reactive ketones (excluding diaryl/α,β-unsaturated/α-hetero) is 1. The normalized spacial score (nSPS) is 19.4. The molecule has 0 N–H and O–H groups in total. The molecule has 6 rings (SSSR count). The van der Waals surface area contributed by atoms with Gasteiger partial charge >= 0.3 is 5.97 Å². The monoisotopic (exact) mass is 910 g/mol. The van der Waals surface area contributed by atoms with Gasteiger partial charge in [0.25, 0.3) is 0 Å². The third-order valence-electron chi connectivity index (χ3n) is 13.4. The van der Waals surface area contributed by atoms with Crippen LogP contribution in [0.5, 0.6) is 51.7 Å². The van der Waals surface area contributed by atoms with Gasteiger partial charge in [0.2, 0.25) is 11.5 Å². The first-order valence-corrected chi connectivity index (χ1v) is 22.2. The molecular formula is C52H66N2O12+2. The van der Waals surface area contributed by atoms with E-state index in [1.165, 1.54) is 11.1 Å². The summed E-state index contributed by atoms with van der Waals surface area (Å²) in [6.07, 6.45) is 3.71. The van der Waals surface area contributed by atoms with E-state index in [0.29, 0.717) is 80.1 Å². The van der Waals surface area contributed by atoms with Crippen molar-refractivity contribution in [2.75, 3.05) is 111 Å². The molecular weight excluding hydrogens is 845 g/mol. The standard InChI is InChI=1S/C52H66N2O12/c1-53(23-19-35-28-44(59-5)46(61-7)32-39(35)41(53)26-34-15-17-42(57-3)43(27-34)58-4)22-13-25-66-50(56)18-16-38(55)14-12-21-54(2)24-20-36-29-45(60-6)47(62-8)33-40(36)51(54)37-30-48(63-9)52(65-11)49(31-37)64-10/h15,17,27-33,41,51H,12-14,19-26H2,1-11H3/q+2. The Hall–Kier alpha value is -6.30. The molecule has 2 aliphatic rings. The molecule has 0 bridgehead atoms. The molecule has 0 spiro atoms. The summed E-state index contributed by atoms with van der Waals surface area (Å²) in [6, 6.07) is 18.2. The topological polar surface area (TPSA) is 126 Å². The summed E-state index contributed by atoms with van der Waals surface area (Å²) < 4.78 is 58.0. The van der Waals surface area contributed by atoms with Crippen LogP contribution in [0.1, 0.15) is 64.7 Å². The molecule has 0 amide bonds. The van der Waals surface area contributed by atoms with Crippen molar-refractivity contribution in [3.8, 4) is 63.6 Å². The summed E-state index contributed by atoms with van der Waals surface area (Å²) in [5, 5.41) is 0. The fraction of sp³-hybridized carbons (Fsp3) is 0.462. The lowest BCUT2D eigenvalue weighted by Gasteiger charge is -2.46.